The van der Waals surface area contributed by atoms with Crippen molar-refractivity contribution < 1.29 is 4.79 Å². The lowest BCUT2D eigenvalue weighted by Crippen LogP contribution is -2.46. The third-order valence-corrected chi connectivity index (χ3v) is 5.65. The topological polar surface area (TPSA) is 20.3 Å². The van der Waals surface area contributed by atoms with Gasteiger partial charge in [0.05, 0.1) is 5.02 Å². The van der Waals surface area contributed by atoms with Gasteiger partial charge in [0.15, 0.2) is 0 Å². The van der Waals surface area contributed by atoms with Crippen molar-refractivity contribution in [2.75, 3.05) is 6.54 Å². The molecule has 1 aliphatic carbocycles. The van der Waals surface area contributed by atoms with E-state index in [4.69, 9.17) is 11.6 Å². The Labute approximate surface area is 127 Å². The maximum Gasteiger partial charge on any atom is 0.254 e. The quantitative estimate of drug-likeness (QED) is 0.735. The lowest BCUT2D eigenvalue weighted by Gasteiger charge is -2.37. The van der Waals surface area contributed by atoms with E-state index in [1.54, 1.807) is 6.07 Å². The maximum atomic E-state index is 12.7. The molecule has 1 aliphatic heterocycles. The summed E-state index contributed by atoms with van der Waals surface area (Å²) in [5, 5.41) is 0.603. The molecular weight excluding hydrogens is 326 g/mol. The Bertz CT molecular complexity index is 505. The second-order valence-corrected chi connectivity index (χ2v) is 6.79. The largest absolute Gasteiger partial charge is 0.335 e. The minimum Gasteiger partial charge on any atom is -0.335 e. The van der Waals surface area contributed by atoms with Gasteiger partial charge in [-0.3, -0.25) is 4.79 Å². The summed E-state index contributed by atoms with van der Waals surface area (Å²) in [6.07, 6.45) is 6.14. The molecule has 1 saturated heterocycles. The van der Waals surface area contributed by atoms with Crippen LogP contribution in [-0.4, -0.2) is 23.4 Å². The molecule has 2 unspecified atom stereocenters. The van der Waals surface area contributed by atoms with Gasteiger partial charge < -0.3 is 4.90 Å². The number of carbonyl (C=O) groups is 1. The molecule has 1 saturated carbocycles. The van der Waals surface area contributed by atoms with Crippen LogP contribution in [0.2, 0.25) is 5.02 Å². The molecule has 3 rings (SSSR count). The summed E-state index contributed by atoms with van der Waals surface area (Å²) in [7, 11) is 0. The highest BCUT2D eigenvalue weighted by Gasteiger charge is 2.37. The Kier molecular flexibility index (Phi) is 3.86. The highest BCUT2D eigenvalue weighted by molar-refractivity contribution is 9.10. The second-order valence-electron chi connectivity index (χ2n) is 5.53. The van der Waals surface area contributed by atoms with E-state index in [1.165, 1.54) is 25.7 Å². The summed E-state index contributed by atoms with van der Waals surface area (Å²) >= 11 is 9.45. The number of likely N-dealkylation sites (tertiary alicyclic amines) is 1. The Hall–Kier alpha value is -0.540. The first-order valence-corrected chi connectivity index (χ1v) is 8.10. The van der Waals surface area contributed by atoms with Crippen molar-refractivity contribution >= 4 is 33.4 Å². The predicted molar refractivity (Wildman–Crippen MR) is 80.6 cm³/mol. The van der Waals surface area contributed by atoms with E-state index in [2.05, 4.69) is 20.8 Å². The molecule has 1 aromatic carbocycles. The van der Waals surface area contributed by atoms with Crippen molar-refractivity contribution in [3.63, 3.8) is 0 Å². The van der Waals surface area contributed by atoms with E-state index in [-0.39, 0.29) is 5.91 Å². The molecular formula is C15H17BrClNO. The Morgan fingerprint density at radius 2 is 2.05 bits per heavy atom. The number of halogens is 2. The average Bonchev–Trinajstić information content (AvgIpc) is 2.89. The van der Waals surface area contributed by atoms with Crippen molar-refractivity contribution in [3.8, 4) is 0 Å². The standard InChI is InChI=1S/C15H17BrClNO/c16-12-7-6-11(9-13(12)17)15(19)18-8-2-4-10-3-1-5-14(10)18/h6-7,9-10,14H,1-5,8H2. The summed E-state index contributed by atoms with van der Waals surface area (Å²) in [6.45, 7) is 0.897. The summed E-state index contributed by atoms with van der Waals surface area (Å²) < 4.78 is 0.836. The molecule has 0 N–H and O–H groups in total. The highest BCUT2D eigenvalue weighted by Crippen LogP contribution is 2.37. The van der Waals surface area contributed by atoms with E-state index in [0.717, 1.165) is 23.4 Å². The number of amides is 1. The monoisotopic (exact) mass is 341 g/mol. The van der Waals surface area contributed by atoms with Gasteiger partial charge in [-0.15, -0.1) is 0 Å². The number of nitrogens with zero attached hydrogens (tertiary/aromatic N) is 1. The molecule has 4 heteroatoms. The van der Waals surface area contributed by atoms with Gasteiger partial charge in [0.2, 0.25) is 0 Å². The van der Waals surface area contributed by atoms with Crippen LogP contribution in [0.3, 0.4) is 0 Å². The van der Waals surface area contributed by atoms with Gasteiger partial charge in [0.1, 0.15) is 0 Å². The van der Waals surface area contributed by atoms with E-state index in [1.807, 2.05) is 12.1 Å². The van der Waals surface area contributed by atoms with Gasteiger partial charge in [-0.2, -0.15) is 0 Å². The molecule has 2 fully saturated rings. The highest BCUT2D eigenvalue weighted by atomic mass is 79.9. The second kappa shape index (κ2) is 5.45. The van der Waals surface area contributed by atoms with Gasteiger partial charge in [0, 0.05) is 22.6 Å². The summed E-state index contributed by atoms with van der Waals surface area (Å²) in [6, 6.07) is 5.94. The van der Waals surface area contributed by atoms with E-state index in [9.17, 15) is 4.79 Å². The fourth-order valence-electron chi connectivity index (χ4n) is 3.50. The zero-order valence-electron chi connectivity index (χ0n) is 10.7. The zero-order valence-corrected chi connectivity index (χ0v) is 13.1. The molecule has 2 atom stereocenters. The minimum atomic E-state index is 0.144. The van der Waals surface area contributed by atoms with Gasteiger partial charge in [-0.1, -0.05) is 18.0 Å². The van der Waals surface area contributed by atoms with Crippen molar-refractivity contribution in [1.29, 1.82) is 0 Å². The van der Waals surface area contributed by atoms with Crippen LogP contribution >= 0.6 is 27.5 Å². The van der Waals surface area contributed by atoms with E-state index >= 15 is 0 Å². The minimum absolute atomic E-state index is 0.144. The van der Waals surface area contributed by atoms with Crippen LogP contribution in [0.1, 0.15) is 42.5 Å². The Morgan fingerprint density at radius 1 is 1.26 bits per heavy atom. The van der Waals surface area contributed by atoms with Gasteiger partial charge in [-0.25, -0.2) is 0 Å². The van der Waals surface area contributed by atoms with Crippen molar-refractivity contribution in [1.82, 2.24) is 4.90 Å². The first-order chi connectivity index (χ1) is 9.16. The van der Waals surface area contributed by atoms with Crippen molar-refractivity contribution in [2.45, 2.75) is 38.1 Å². The summed E-state index contributed by atoms with van der Waals surface area (Å²) in [5.41, 5.74) is 0.709. The molecule has 0 spiro atoms. The molecule has 2 nitrogen and oxygen atoms in total. The third kappa shape index (κ3) is 2.55. The number of benzene rings is 1. The molecule has 2 aliphatic rings. The Morgan fingerprint density at radius 3 is 2.84 bits per heavy atom. The molecule has 0 bridgehead atoms. The molecule has 1 heterocycles. The molecule has 0 radical (unpaired) electrons. The van der Waals surface area contributed by atoms with Gasteiger partial charge >= 0.3 is 0 Å². The number of fused-ring (bicyclic) bond motifs is 1. The SMILES string of the molecule is O=C(c1ccc(Br)c(Cl)c1)N1CCCC2CCCC21. The van der Waals surface area contributed by atoms with Crippen LogP contribution in [0.5, 0.6) is 0 Å². The average molecular weight is 343 g/mol. The lowest BCUT2D eigenvalue weighted by atomic mass is 9.91. The number of rotatable bonds is 1. The summed E-state index contributed by atoms with van der Waals surface area (Å²) in [4.78, 5) is 14.7. The van der Waals surface area contributed by atoms with Crippen LogP contribution in [0.4, 0.5) is 0 Å². The zero-order chi connectivity index (χ0) is 13.4. The smallest absolute Gasteiger partial charge is 0.254 e. The van der Waals surface area contributed by atoms with E-state index < -0.39 is 0 Å². The molecule has 0 aromatic heterocycles. The maximum absolute atomic E-state index is 12.7. The van der Waals surface area contributed by atoms with Crippen molar-refractivity contribution in [3.05, 3.63) is 33.3 Å². The van der Waals surface area contributed by atoms with E-state index in [0.29, 0.717) is 16.6 Å². The third-order valence-electron chi connectivity index (χ3n) is 4.42. The summed E-state index contributed by atoms with van der Waals surface area (Å²) in [5.74, 6) is 0.870. The predicted octanol–water partition coefficient (Wildman–Crippen LogP) is 4.51. The number of hydrogen-bond donors (Lipinski definition) is 0. The van der Waals surface area contributed by atoms with Crippen LogP contribution in [-0.2, 0) is 0 Å². The number of piperidine rings is 1. The molecule has 19 heavy (non-hydrogen) atoms. The fourth-order valence-corrected chi connectivity index (χ4v) is 3.93. The molecule has 1 amide bonds. The van der Waals surface area contributed by atoms with Crippen LogP contribution in [0.15, 0.2) is 22.7 Å². The molecule has 1 aromatic rings. The number of carbonyl (C=O) groups excluding carboxylic acids is 1. The molecule has 102 valence electrons. The van der Waals surface area contributed by atoms with Crippen LogP contribution in [0, 0.1) is 5.92 Å². The first-order valence-electron chi connectivity index (χ1n) is 6.93. The van der Waals surface area contributed by atoms with Crippen molar-refractivity contribution in [2.24, 2.45) is 5.92 Å². The van der Waals surface area contributed by atoms with Crippen LogP contribution in [0.25, 0.3) is 0 Å². The van der Waals surface area contributed by atoms with Gasteiger partial charge in [0.25, 0.3) is 5.91 Å². The normalized spacial score (nSPS) is 26.3. The lowest BCUT2D eigenvalue weighted by molar-refractivity contribution is 0.0548. The Balaban J connectivity index is 1.84. The van der Waals surface area contributed by atoms with Crippen LogP contribution < -0.4 is 0 Å². The van der Waals surface area contributed by atoms with Gasteiger partial charge in [-0.05, 0) is 65.7 Å². The number of hydrogen-bond acceptors (Lipinski definition) is 1. The fraction of sp³-hybridized carbons (Fsp3) is 0.533. The first kappa shape index (κ1) is 13.4.